The maximum Gasteiger partial charge on any atom is 0.238 e. The van der Waals surface area contributed by atoms with E-state index in [1.165, 1.54) is 0 Å². The lowest BCUT2D eigenvalue weighted by Gasteiger charge is -2.34. The third-order valence-corrected chi connectivity index (χ3v) is 3.65. The van der Waals surface area contributed by atoms with E-state index in [-0.39, 0.29) is 12.3 Å². The van der Waals surface area contributed by atoms with Crippen LogP contribution in [0.1, 0.15) is 6.42 Å². The van der Waals surface area contributed by atoms with Crippen LogP contribution in [-0.2, 0) is 4.79 Å². The zero-order valence-corrected chi connectivity index (χ0v) is 12.2. The Labute approximate surface area is 123 Å². The molecule has 5 nitrogen and oxygen atoms in total. The molecule has 0 aliphatic carbocycles. The molecule has 2 rings (SSSR count). The SMILES string of the molecule is CN1CCN(c2ccc(NC(=O)CC#N)c(Cl)c2)CC1. The van der Waals surface area contributed by atoms with Crippen LogP contribution in [0.15, 0.2) is 18.2 Å². The Morgan fingerprint density at radius 1 is 1.40 bits per heavy atom. The molecule has 0 aromatic heterocycles. The second-order valence-electron chi connectivity index (χ2n) is 4.84. The Hall–Kier alpha value is -1.77. The predicted molar refractivity (Wildman–Crippen MR) is 80.0 cm³/mol. The molecule has 1 aromatic carbocycles. The van der Waals surface area contributed by atoms with Gasteiger partial charge < -0.3 is 15.1 Å². The topological polar surface area (TPSA) is 59.4 Å². The summed E-state index contributed by atoms with van der Waals surface area (Å²) in [6, 6.07) is 7.39. The van der Waals surface area contributed by atoms with E-state index < -0.39 is 0 Å². The van der Waals surface area contributed by atoms with Crippen LogP contribution in [0.2, 0.25) is 5.02 Å². The molecule has 0 unspecified atom stereocenters. The Kier molecular flexibility index (Phi) is 4.83. The summed E-state index contributed by atoms with van der Waals surface area (Å²) in [5, 5.41) is 11.6. The van der Waals surface area contributed by atoms with Crippen LogP contribution in [0.5, 0.6) is 0 Å². The van der Waals surface area contributed by atoms with Gasteiger partial charge in [0.2, 0.25) is 5.91 Å². The average molecular weight is 293 g/mol. The molecule has 106 valence electrons. The molecule has 20 heavy (non-hydrogen) atoms. The standard InChI is InChI=1S/C14H17ClN4O/c1-18-6-8-19(9-7-18)11-2-3-13(12(15)10-11)17-14(20)4-5-16/h2-3,10H,4,6-9H2,1H3,(H,17,20). The van der Waals surface area contributed by atoms with Gasteiger partial charge in [-0.15, -0.1) is 0 Å². The van der Waals surface area contributed by atoms with Gasteiger partial charge in [0.05, 0.1) is 16.8 Å². The van der Waals surface area contributed by atoms with Gasteiger partial charge in [0.15, 0.2) is 0 Å². The third kappa shape index (κ3) is 3.62. The zero-order valence-electron chi connectivity index (χ0n) is 11.4. The minimum atomic E-state index is -0.346. The number of likely N-dealkylation sites (N-methyl/N-ethyl adjacent to an activating group) is 1. The van der Waals surface area contributed by atoms with Gasteiger partial charge in [-0.2, -0.15) is 5.26 Å². The van der Waals surface area contributed by atoms with Gasteiger partial charge in [-0.1, -0.05) is 11.6 Å². The first-order valence-corrected chi connectivity index (χ1v) is 6.88. The van der Waals surface area contributed by atoms with Crippen LogP contribution >= 0.6 is 11.6 Å². The number of hydrogen-bond acceptors (Lipinski definition) is 4. The summed E-state index contributed by atoms with van der Waals surface area (Å²) in [5.74, 6) is -0.346. The molecule has 1 aromatic rings. The molecule has 1 heterocycles. The van der Waals surface area contributed by atoms with Gasteiger partial charge in [0.25, 0.3) is 0 Å². The molecule has 0 atom stereocenters. The van der Waals surface area contributed by atoms with Crippen LogP contribution in [0.25, 0.3) is 0 Å². The number of carbonyl (C=O) groups excluding carboxylic acids is 1. The number of nitrogens with zero attached hydrogens (tertiary/aromatic N) is 3. The van der Waals surface area contributed by atoms with Crippen molar-refractivity contribution in [3.8, 4) is 6.07 Å². The number of benzene rings is 1. The summed E-state index contributed by atoms with van der Waals surface area (Å²) >= 11 is 6.19. The smallest absolute Gasteiger partial charge is 0.238 e. The van der Waals surface area contributed by atoms with Crippen molar-refractivity contribution < 1.29 is 4.79 Å². The largest absolute Gasteiger partial charge is 0.369 e. The van der Waals surface area contributed by atoms with Crippen molar-refractivity contribution in [1.29, 1.82) is 5.26 Å². The molecular formula is C14H17ClN4O. The first-order valence-electron chi connectivity index (χ1n) is 6.50. The lowest BCUT2D eigenvalue weighted by molar-refractivity contribution is -0.115. The number of anilines is 2. The summed E-state index contributed by atoms with van der Waals surface area (Å²) in [4.78, 5) is 15.9. The van der Waals surface area contributed by atoms with Crippen molar-refractivity contribution in [3.05, 3.63) is 23.2 Å². The van der Waals surface area contributed by atoms with Crippen molar-refractivity contribution in [3.63, 3.8) is 0 Å². The quantitative estimate of drug-likeness (QED) is 0.925. The number of carbonyl (C=O) groups is 1. The molecule has 6 heteroatoms. The van der Waals surface area contributed by atoms with Crippen LogP contribution < -0.4 is 10.2 Å². The highest BCUT2D eigenvalue weighted by atomic mass is 35.5. The summed E-state index contributed by atoms with van der Waals surface area (Å²) in [6.45, 7) is 3.98. The Morgan fingerprint density at radius 2 is 2.10 bits per heavy atom. The fraction of sp³-hybridized carbons (Fsp3) is 0.429. The second kappa shape index (κ2) is 6.60. The van der Waals surface area contributed by atoms with E-state index in [1.54, 1.807) is 12.1 Å². The first-order chi connectivity index (χ1) is 9.60. The van der Waals surface area contributed by atoms with E-state index in [2.05, 4.69) is 22.2 Å². The molecule has 1 fully saturated rings. The molecule has 1 aliphatic rings. The Morgan fingerprint density at radius 3 is 2.70 bits per heavy atom. The number of nitrogens with one attached hydrogen (secondary N) is 1. The molecule has 0 bridgehead atoms. The van der Waals surface area contributed by atoms with E-state index in [1.807, 2.05) is 12.1 Å². The number of piperazine rings is 1. The van der Waals surface area contributed by atoms with Crippen LogP contribution in [0.3, 0.4) is 0 Å². The molecule has 1 saturated heterocycles. The van der Waals surface area contributed by atoms with Crippen molar-refractivity contribution in [2.45, 2.75) is 6.42 Å². The Bertz CT molecular complexity index is 532. The van der Waals surface area contributed by atoms with Gasteiger partial charge in [-0.3, -0.25) is 4.79 Å². The lowest BCUT2D eigenvalue weighted by Crippen LogP contribution is -2.44. The summed E-state index contributed by atoms with van der Waals surface area (Å²) in [5.41, 5.74) is 1.60. The predicted octanol–water partition coefficient (Wildman–Crippen LogP) is 1.94. The van der Waals surface area contributed by atoms with Crippen molar-refractivity contribution in [1.82, 2.24) is 4.90 Å². The number of hydrogen-bond donors (Lipinski definition) is 1. The van der Waals surface area contributed by atoms with Crippen molar-refractivity contribution in [2.24, 2.45) is 0 Å². The maximum atomic E-state index is 11.4. The van der Waals surface area contributed by atoms with Gasteiger partial charge in [-0.25, -0.2) is 0 Å². The maximum absolute atomic E-state index is 11.4. The molecule has 1 amide bonds. The molecule has 0 saturated carbocycles. The highest BCUT2D eigenvalue weighted by Crippen LogP contribution is 2.28. The number of halogens is 1. The minimum absolute atomic E-state index is 0.170. The Balaban J connectivity index is 2.06. The van der Waals surface area contributed by atoms with Gasteiger partial charge >= 0.3 is 0 Å². The number of rotatable bonds is 3. The second-order valence-corrected chi connectivity index (χ2v) is 5.24. The van der Waals surface area contributed by atoms with Gasteiger partial charge in [-0.05, 0) is 25.2 Å². The van der Waals surface area contributed by atoms with Crippen LogP contribution in [-0.4, -0.2) is 44.0 Å². The van der Waals surface area contributed by atoms with Crippen molar-refractivity contribution in [2.75, 3.05) is 43.4 Å². The van der Waals surface area contributed by atoms with Crippen molar-refractivity contribution >= 4 is 28.9 Å². The number of nitriles is 1. The molecular weight excluding hydrogens is 276 g/mol. The highest BCUT2D eigenvalue weighted by molar-refractivity contribution is 6.34. The minimum Gasteiger partial charge on any atom is -0.369 e. The fourth-order valence-electron chi connectivity index (χ4n) is 2.13. The van der Waals surface area contributed by atoms with Crippen LogP contribution in [0.4, 0.5) is 11.4 Å². The molecule has 0 radical (unpaired) electrons. The average Bonchev–Trinajstić information content (AvgIpc) is 2.42. The third-order valence-electron chi connectivity index (χ3n) is 3.33. The first kappa shape index (κ1) is 14.6. The fourth-order valence-corrected chi connectivity index (χ4v) is 2.35. The zero-order chi connectivity index (χ0) is 14.5. The molecule has 0 spiro atoms. The van der Waals surface area contributed by atoms with Gasteiger partial charge in [0, 0.05) is 31.9 Å². The van der Waals surface area contributed by atoms with E-state index >= 15 is 0 Å². The van der Waals surface area contributed by atoms with E-state index in [4.69, 9.17) is 16.9 Å². The number of amides is 1. The lowest BCUT2D eigenvalue weighted by atomic mass is 10.2. The molecule has 1 aliphatic heterocycles. The van der Waals surface area contributed by atoms with Crippen LogP contribution in [0, 0.1) is 11.3 Å². The monoisotopic (exact) mass is 292 g/mol. The molecule has 1 N–H and O–H groups in total. The summed E-state index contributed by atoms with van der Waals surface area (Å²) in [6.07, 6.45) is -0.170. The summed E-state index contributed by atoms with van der Waals surface area (Å²) < 4.78 is 0. The van der Waals surface area contributed by atoms with E-state index in [0.29, 0.717) is 10.7 Å². The van der Waals surface area contributed by atoms with Gasteiger partial charge in [0.1, 0.15) is 6.42 Å². The summed E-state index contributed by atoms with van der Waals surface area (Å²) in [7, 11) is 2.11. The highest BCUT2D eigenvalue weighted by Gasteiger charge is 2.15. The van der Waals surface area contributed by atoms with E-state index in [9.17, 15) is 4.79 Å². The van der Waals surface area contributed by atoms with E-state index in [0.717, 1.165) is 31.9 Å². The normalized spacial score (nSPS) is 15.8.